The summed E-state index contributed by atoms with van der Waals surface area (Å²) in [4.78, 5) is 8.27. The average molecular weight is 435 g/mol. The van der Waals surface area contributed by atoms with E-state index in [9.17, 15) is 21.6 Å². The minimum Gasteiger partial charge on any atom is -0.316 e. The molecule has 3 heterocycles. The summed E-state index contributed by atoms with van der Waals surface area (Å²) in [6, 6.07) is 9.84. The van der Waals surface area contributed by atoms with Gasteiger partial charge in [0.25, 0.3) is 0 Å². The van der Waals surface area contributed by atoms with Crippen molar-refractivity contribution in [2.75, 3.05) is 5.75 Å². The second kappa shape index (κ2) is 6.94. The van der Waals surface area contributed by atoms with Crippen LogP contribution >= 0.6 is 0 Å². The van der Waals surface area contributed by atoms with Crippen molar-refractivity contribution in [1.29, 1.82) is 0 Å². The van der Waals surface area contributed by atoms with E-state index in [1.165, 1.54) is 17.7 Å². The molecular formula is C19H16F3N5O2S. The predicted molar refractivity (Wildman–Crippen MR) is 104 cm³/mol. The Morgan fingerprint density at radius 1 is 1.10 bits per heavy atom. The van der Waals surface area contributed by atoms with Crippen LogP contribution in [-0.4, -0.2) is 38.5 Å². The molecule has 0 radical (unpaired) electrons. The smallest absolute Gasteiger partial charge is 0.316 e. The van der Waals surface area contributed by atoms with Crippen molar-refractivity contribution in [2.45, 2.75) is 18.1 Å². The van der Waals surface area contributed by atoms with Crippen LogP contribution in [0.2, 0.25) is 0 Å². The number of hydrogen-bond acceptors (Lipinski definition) is 5. The highest BCUT2D eigenvalue weighted by Gasteiger charge is 2.32. The van der Waals surface area contributed by atoms with Gasteiger partial charge in [0.2, 0.25) is 0 Å². The highest BCUT2D eigenvalue weighted by Crippen LogP contribution is 2.31. The molecule has 0 saturated carbocycles. The molecule has 3 aromatic heterocycles. The molecule has 0 atom stereocenters. The summed E-state index contributed by atoms with van der Waals surface area (Å²) in [5.74, 6) is 0.219. The summed E-state index contributed by atoms with van der Waals surface area (Å²) in [6.07, 6.45) is -2.49. The van der Waals surface area contributed by atoms with Gasteiger partial charge < -0.3 is 4.57 Å². The third kappa shape index (κ3) is 3.34. The van der Waals surface area contributed by atoms with Crippen LogP contribution in [0.1, 0.15) is 12.5 Å². The first kappa shape index (κ1) is 20.1. The minimum absolute atomic E-state index is 0.00441. The highest BCUT2D eigenvalue weighted by molar-refractivity contribution is 7.91. The van der Waals surface area contributed by atoms with E-state index < -0.39 is 21.6 Å². The molecule has 0 saturated heterocycles. The van der Waals surface area contributed by atoms with E-state index >= 15 is 0 Å². The van der Waals surface area contributed by atoms with Crippen molar-refractivity contribution in [3.05, 3.63) is 54.4 Å². The molecule has 1 aromatic carbocycles. The van der Waals surface area contributed by atoms with Crippen LogP contribution in [0, 0.1) is 0 Å². The zero-order valence-corrected chi connectivity index (χ0v) is 16.7. The van der Waals surface area contributed by atoms with Crippen molar-refractivity contribution in [2.24, 2.45) is 7.05 Å². The molecule has 0 aliphatic rings. The minimum atomic E-state index is -4.56. The van der Waals surface area contributed by atoms with Crippen LogP contribution in [0.25, 0.3) is 28.2 Å². The maximum atomic E-state index is 13.0. The molecule has 11 heteroatoms. The summed E-state index contributed by atoms with van der Waals surface area (Å²) >= 11 is 0. The fraction of sp³-hybridized carbons (Fsp3) is 0.211. The molecule has 0 amide bonds. The molecule has 0 aliphatic heterocycles. The number of fused-ring (bicyclic) bond motifs is 1. The lowest BCUT2D eigenvalue weighted by atomic mass is 10.2. The van der Waals surface area contributed by atoms with Crippen molar-refractivity contribution in [3.63, 3.8) is 0 Å². The quantitative estimate of drug-likeness (QED) is 0.489. The lowest BCUT2D eigenvalue weighted by molar-refractivity contribution is -0.137. The van der Waals surface area contributed by atoms with Gasteiger partial charge in [-0.25, -0.2) is 18.1 Å². The van der Waals surface area contributed by atoms with Gasteiger partial charge >= 0.3 is 6.18 Å². The van der Waals surface area contributed by atoms with Gasteiger partial charge in [-0.2, -0.15) is 18.3 Å². The normalized spacial score (nSPS) is 12.6. The van der Waals surface area contributed by atoms with Gasteiger partial charge in [-0.05, 0) is 6.07 Å². The predicted octanol–water partition coefficient (Wildman–Crippen LogP) is 3.63. The van der Waals surface area contributed by atoms with E-state index in [2.05, 4.69) is 15.1 Å². The van der Waals surface area contributed by atoms with E-state index in [-0.39, 0.29) is 27.6 Å². The van der Waals surface area contributed by atoms with Crippen LogP contribution in [0.4, 0.5) is 13.2 Å². The van der Waals surface area contributed by atoms with Gasteiger partial charge in [0.1, 0.15) is 16.9 Å². The SMILES string of the molecule is CCS(=O)(=O)c1c(-n2cc3ncc(C(F)(F)F)cc3n2)nc(-c2ccccc2)n1C. The standard InChI is InChI=1S/C19H16F3N5O2S/c1-3-30(28,29)18-17(24-16(26(18)2)12-7-5-4-6-8-12)27-11-15-14(25-27)9-13(10-23-15)19(20,21)22/h4-11H,3H2,1-2H3. The summed E-state index contributed by atoms with van der Waals surface area (Å²) in [5.41, 5.74) is -0.0769. The zero-order chi connectivity index (χ0) is 21.7. The maximum Gasteiger partial charge on any atom is 0.417 e. The van der Waals surface area contributed by atoms with Crippen molar-refractivity contribution in [1.82, 2.24) is 24.3 Å². The maximum absolute atomic E-state index is 13.0. The number of pyridine rings is 1. The summed E-state index contributed by atoms with van der Waals surface area (Å²) in [5, 5.41) is 4.05. The van der Waals surface area contributed by atoms with E-state index in [1.807, 2.05) is 6.07 Å². The molecule has 4 aromatic rings. The number of hydrogen-bond donors (Lipinski definition) is 0. The topological polar surface area (TPSA) is 82.7 Å². The van der Waals surface area contributed by atoms with Gasteiger partial charge in [-0.1, -0.05) is 37.3 Å². The lowest BCUT2D eigenvalue weighted by Gasteiger charge is -2.07. The average Bonchev–Trinajstić information content (AvgIpc) is 3.28. The van der Waals surface area contributed by atoms with Gasteiger partial charge in [0, 0.05) is 18.8 Å². The van der Waals surface area contributed by atoms with Crippen LogP contribution in [0.3, 0.4) is 0 Å². The molecule has 156 valence electrons. The van der Waals surface area contributed by atoms with Crippen LogP contribution < -0.4 is 0 Å². The van der Waals surface area contributed by atoms with Gasteiger partial charge in [0.05, 0.1) is 17.5 Å². The molecule has 0 fully saturated rings. The molecule has 7 nitrogen and oxygen atoms in total. The Labute approximate surface area is 169 Å². The molecule has 4 rings (SSSR count). The molecule has 0 N–H and O–H groups in total. The first-order valence-electron chi connectivity index (χ1n) is 8.89. The van der Waals surface area contributed by atoms with Crippen molar-refractivity contribution >= 4 is 20.9 Å². The number of nitrogens with zero attached hydrogens (tertiary/aromatic N) is 5. The third-order valence-electron chi connectivity index (χ3n) is 4.63. The number of benzene rings is 1. The van der Waals surface area contributed by atoms with Gasteiger partial charge in [0.15, 0.2) is 20.7 Å². The number of rotatable bonds is 4. The van der Waals surface area contributed by atoms with Gasteiger partial charge in [-0.15, -0.1) is 0 Å². The first-order chi connectivity index (χ1) is 14.1. The number of sulfone groups is 1. The van der Waals surface area contributed by atoms with Crippen LogP contribution in [0.5, 0.6) is 0 Å². The number of halogens is 3. The molecule has 0 spiro atoms. The Kier molecular flexibility index (Phi) is 4.64. The fourth-order valence-electron chi connectivity index (χ4n) is 3.12. The van der Waals surface area contributed by atoms with E-state index in [0.717, 1.165) is 10.7 Å². The molecule has 0 aliphatic carbocycles. The summed E-state index contributed by atoms with van der Waals surface area (Å²) in [6.45, 7) is 1.51. The largest absolute Gasteiger partial charge is 0.417 e. The van der Waals surface area contributed by atoms with E-state index in [1.54, 1.807) is 31.3 Å². The number of alkyl halides is 3. The Hall–Kier alpha value is -3.21. The number of imidazole rings is 1. The Bertz CT molecular complexity index is 1340. The summed E-state index contributed by atoms with van der Waals surface area (Å²) < 4.78 is 67.2. The first-order valence-corrected chi connectivity index (χ1v) is 10.5. The summed E-state index contributed by atoms with van der Waals surface area (Å²) in [7, 11) is -2.15. The molecular weight excluding hydrogens is 419 g/mol. The molecule has 30 heavy (non-hydrogen) atoms. The second-order valence-corrected chi connectivity index (χ2v) is 8.79. The Morgan fingerprint density at radius 2 is 1.80 bits per heavy atom. The van der Waals surface area contributed by atoms with E-state index in [0.29, 0.717) is 17.6 Å². The number of aromatic nitrogens is 5. The third-order valence-corrected chi connectivity index (χ3v) is 6.44. The fourth-order valence-corrected chi connectivity index (χ4v) is 4.31. The monoisotopic (exact) mass is 435 g/mol. The Balaban J connectivity index is 1.96. The lowest BCUT2D eigenvalue weighted by Crippen LogP contribution is -2.13. The van der Waals surface area contributed by atoms with Gasteiger partial charge in [-0.3, -0.25) is 4.98 Å². The highest BCUT2D eigenvalue weighted by atomic mass is 32.2. The molecule has 0 bridgehead atoms. The van der Waals surface area contributed by atoms with E-state index in [4.69, 9.17) is 0 Å². The van der Waals surface area contributed by atoms with Crippen molar-refractivity contribution < 1.29 is 21.6 Å². The Morgan fingerprint density at radius 3 is 2.43 bits per heavy atom. The van der Waals surface area contributed by atoms with Crippen LogP contribution in [0.15, 0.2) is 53.8 Å². The van der Waals surface area contributed by atoms with Crippen molar-refractivity contribution in [3.8, 4) is 17.2 Å². The van der Waals surface area contributed by atoms with Crippen LogP contribution in [-0.2, 0) is 23.1 Å². The second-order valence-electron chi connectivity index (χ2n) is 6.59. The zero-order valence-electron chi connectivity index (χ0n) is 15.9. The molecule has 0 unspecified atom stereocenters.